The number of amides is 1. The van der Waals surface area contributed by atoms with Gasteiger partial charge < -0.3 is 15.3 Å². The van der Waals surface area contributed by atoms with Gasteiger partial charge in [0.25, 0.3) is 0 Å². The molecule has 1 aromatic carbocycles. The minimum atomic E-state index is -0.635. The molecule has 2 aliphatic heterocycles. The summed E-state index contributed by atoms with van der Waals surface area (Å²) in [5, 5.41) is 22.2. The molecule has 2 heterocycles. The number of benzene rings is 1. The smallest absolute Gasteiger partial charge is 0.245 e. The highest BCUT2D eigenvalue weighted by molar-refractivity contribution is 5.87. The van der Waals surface area contributed by atoms with E-state index < -0.39 is 5.60 Å². The Labute approximate surface area is 143 Å². The number of carbonyl (C=O) groups is 1. The first-order valence-corrected chi connectivity index (χ1v) is 8.66. The highest BCUT2D eigenvalue weighted by Gasteiger charge is 2.33. The summed E-state index contributed by atoms with van der Waals surface area (Å²) in [5.74, 6) is 0.632. The fraction of sp³-hybridized carbons (Fsp3) is 0.579. The van der Waals surface area contributed by atoms with Gasteiger partial charge in [-0.25, -0.2) is 0 Å². The van der Waals surface area contributed by atoms with Crippen LogP contribution in [-0.2, 0) is 11.2 Å². The molecule has 0 aliphatic carbocycles. The zero-order chi connectivity index (χ0) is 17.3. The first-order valence-electron chi connectivity index (χ1n) is 8.66. The van der Waals surface area contributed by atoms with Gasteiger partial charge in [-0.15, -0.1) is 0 Å². The molecule has 2 N–H and O–H groups in total. The van der Waals surface area contributed by atoms with E-state index in [9.17, 15) is 9.90 Å². The molecule has 0 saturated carbocycles. The van der Waals surface area contributed by atoms with E-state index in [1.54, 1.807) is 6.07 Å². The van der Waals surface area contributed by atoms with Crippen molar-refractivity contribution in [2.75, 3.05) is 18.4 Å². The molecular weight excluding hydrogens is 302 g/mol. The Bertz CT molecular complexity index is 664. The van der Waals surface area contributed by atoms with Crippen molar-refractivity contribution < 1.29 is 9.90 Å². The molecule has 2 aliphatic rings. The lowest BCUT2D eigenvalue weighted by Gasteiger charge is -2.35. The number of carbonyl (C=O) groups excluding carboxylic acids is 1. The summed E-state index contributed by atoms with van der Waals surface area (Å²) in [4.78, 5) is 14.7. The van der Waals surface area contributed by atoms with Gasteiger partial charge in [0.1, 0.15) is 6.04 Å². The van der Waals surface area contributed by atoms with Crippen molar-refractivity contribution in [2.24, 2.45) is 5.92 Å². The third-order valence-electron chi connectivity index (χ3n) is 5.00. The molecule has 0 aromatic heterocycles. The molecule has 1 fully saturated rings. The Morgan fingerprint density at radius 3 is 2.75 bits per heavy atom. The fourth-order valence-electron chi connectivity index (χ4n) is 3.86. The van der Waals surface area contributed by atoms with Crippen LogP contribution < -0.4 is 5.32 Å². The van der Waals surface area contributed by atoms with E-state index in [0.29, 0.717) is 17.9 Å². The quantitative estimate of drug-likeness (QED) is 0.893. The van der Waals surface area contributed by atoms with E-state index >= 15 is 0 Å². The van der Waals surface area contributed by atoms with Crippen LogP contribution in [0.4, 0.5) is 5.69 Å². The van der Waals surface area contributed by atoms with E-state index in [-0.39, 0.29) is 11.9 Å². The van der Waals surface area contributed by atoms with Crippen LogP contribution >= 0.6 is 0 Å². The van der Waals surface area contributed by atoms with Crippen molar-refractivity contribution in [2.45, 2.75) is 51.2 Å². The van der Waals surface area contributed by atoms with Crippen LogP contribution in [0.2, 0.25) is 0 Å². The topological polar surface area (TPSA) is 76.4 Å². The summed E-state index contributed by atoms with van der Waals surface area (Å²) >= 11 is 0. The van der Waals surface area contributed by atoms with Gasteiger partial charge >= 0.3 is 0 Å². The lowest BCUT2D eigenvalue weighted by atomic mass is 9.86. The van der Waals surface area contributed by atoms with Gasteiger partial charge in [-0.2, -0.15) is 5.26 Å². The molecule has 1 saturated heterocycles. The zero-order valence-corrected chi connectivity index (χ0v) is 14.4. The summed E-state index contributed by atoms with van der Waals surface area (Å²) in [6.07, 6.45) is 3.34. The highest BCUT2D eigenvalue weighted by atomic mass is 16.3. The average molecular weight is 327 g/mol. The molecule has 0 radical (unpaired) electrons. The van der Waals surface area contributed by atoms with Crippen molar-refractivity contribution in [1.29, 1.82) is 5.26 Å². The zero-order valence-electron chi connectivity index (χ0n) is 14.4. The second-order valence-corrected chi connectivity index (χ2v) is 7.67. The van der Waals surface area contributed by atoms with Gasteiger partial charge in [0, 0.05) is 25.2 Å². The standard InChI is InChI=1S/C19H25N3O2/c1-19(2,24)11-13-5-7-22(8-6-13)18(23)17-10-15-9-14(12-20)3-4-16(15)21-17/h3-4,9,13,17,21,24H,5-8,10-11H2,1-2H3. The normalized spacial score (nSPS) is 21.1. The number of nitriles is 1. The van der Waals surface area contributed by atoms with E-state index in [4.69, 9.17) is 5.26 Å². The largest absolute Gasteiger partial charge is 0.390 e. The predicted octanol–water partition coefficient (Wildman–Crippen LogP) is 2.29. The van der Waals surface area contributed by atoms with Crippen molar-refractivity contribution in [3.63, 3.8) is 0 Å². The maximum Gasteiger partial charge on any atom is 0.245 e. The Morgan fingerprint density at radius 1 is 1.42 bits per heavy atom. The molecule has 128 valence electrons. The molecule has 5 nitrogen and oxygen atoms in total. The number of nitrogens with zero attached hydrogens (tertiary/aromatic N) is 2. The number of anilines is 1. The number of aliphatic hydroxyl groups is 1. The summed E-state index contributed by atoms with van der Waals surface area (Å²) in [7, 11) is 0. The van der Waals surface area contributed by atoms with Crippen molar-refractivity contribution >= 4 is 11.6 Å². The molecule has 24 heavy (non-hydrogen) atoms. The van der Waals surface area contributed by atoms with E-state index in [0.717, 1.165) is 43.6 Å². The number of hydrogen-bond donors (Lipinski definition) is 2. The van der Waals surface area contributed by atoms with Gasteiger partial charge in [0.15, 0.2) is 0 Å². The molecule has 0 spiro atoms. The third kappa shape index (κ3) is 3.70. The highest BCUT2D eigenvalue weighted by Crippen LogP contribution is 2.30. The van der Waals surface area contributed by atoms with Crippen LogP contribution in [0.25, 0.3) is 0 Å². The van der Waals surface area contributed by atoms with E-state index in [1.165, 1.54) is 0 Å². The lowest BCUT2D eigenvalue weighted by molar-refractivity contribution is -0.133. The van der Waals surface area contributed by atoms with Crippen molar-refractivity contribution in [3.05, 3.63) is 29.3 Å². The SMILES string of the molecule is CC(C)(O)CC1CCN(C(=O)C2Cc3cc(C#N)ccc3N2)CC1. The molecule has 5 heteroatoms. The predicted molar refractivity (Wildman–Crippen MR) is 92.5 cm³/mol. The summed E-state index contributed by atoms with van der Waals surface area (Å²) in [6.45, 7) is 5.22. The van der Waals surface area contributed by atoms with Crippen LogP contribution in [0, 0.1) is 17.2 Å². The first kappa shape index (κ1) is 16.8. The minimum absolute atomic E-state index is 0.145. The van der Waals surface area contributed by atoms with Crippen LogP contribution in [-0.4, -0.2) is 40.6 Å². The van der Waals surface area contributed by atoms with E-state index in [1.807, 2.05) is 30.9 Å². The Morgan fingerprint density at radius 2 is 2.12 bits per heavy atom. The van der Waals surface area contributed by atoms with Crippen molar-refractivity contribution in [1.82, 2.24) is 4.90 Å². The molecule has 1 atom stereocenters. The van der Waals surface area contributed by atoms with E-state index in [2.05, 4.69) is 11.4 Å². The summed E-state index contributed by atoms with van der Waals surface area (Å²) in [5.41, 5.74) is 2.01. The number of hydrogen-bond acceptors (Lipinski definition) is 4. The Kier molecular flexibility index (Phi) is 4.51. The fourth-order valence-corrected chi connectivity index (χ4v) is 3.86. The number of likely N-dealkylation sites (tertiary alicyclic amines) is 1. The van der Waals surface area contributed by atoms with Gasteiger partial charge in [0.05, 0.1) is 17.2 Å². The average Bonchev–Trinajstić information content (AvgIpc) is 2.96. The second kappa shape index (κ2) is 6.45. The third-order valence-corrected chi connectivity index (χ3v) is 5.00. The molecule has 1 unspecified atom stereocenters. The monoisotopic (exact) mass is 327 g/mol. The van der Waals surface area contributed by atoms with Crippen LogP contribution in [0.15, 0.2) is 18.2 Å². The Hall–Kier alpha value is -2.06. The first-order chi connectivity index (χ1) is 11.4. The Balaban J connectivity index is 1.56. The van der Waals surface area contributed by atoms with Crippen LogP contribution in [0.5, 0.6) is 0 Å². The maximum atomic E-state index is 12.8. The van der Waals surface area contributed by atoms with Crippen LogP contribution in [0.1, 0.15) is 44.2 Å². The molecule has 3 rings (SSSR count). The number of fused-ring (bicyclic) bond motifs is 1. The molecule has 0 bridgehead atoms. The number of piperidine rings is 1. The molecule has 1 amide bonds. The van der Waals surface area contributed by atoms with Crippen LogP contribution in [0.3, 0.4) is 0 Å². The van der Waals surface area contributed by atoms with Gasteiger partial charge in [0.2, 0.25) is 5.91 Å². The molecular formula is C19H25N3O2. The summed E-state index contributed by atoms with van der Waals surface area (Å²) < 4.78 is 0. The van der Waals surface area contributed by atoms with Gasteiger partial charge in [-0.1, -0.05) is 0 Å². The summed E-state index contributed by atoms with van der Waals surface area (Å²) in [6, 6.07) is 7.45. The maximum absolute atomic E-state index is 12.8. The number of rotatable bonds is 3. The molecule has 1 aromatic rings. The van der Waals surface area contributed by atoms with Crippen molar-refractivity contribution in [3.8, 4) is 6.07 Å². The minimum Gasteiger partial charge on any atom is -0.390 e. The van der Waals surface area contributed by atoms with Gasteiger partial charge in [-0.3, -0.25) is 4.79 Å². The number of nitrogens with one attached hydrogen (secondary N) is 1. The van der Waals surface area contributed by atoms with Gasteiger partial charge in [-0.05, 0) is 62.8 Å². The second-order valence-electron chi connectivity index (χ2n) is 7.67. The lowest BCUT2D eigenvalue weighted by Crippen LogP contribution is -2.46.